The van der Waals surface area contributed by atoms with Gasteiger partial charge in [-0.3, -0.25) is 0 Å². The molecule has 0 aliphatic heterocycles. The van der Waals surface area contributed by atoms with Crippen molar-refractivity contribution >= 4 is 51.2 Å². The minimum Gasteiger partial charge on any atom is -0.136 e. The Hall–Kier alpha value is -0.783. The summed E-state index contributed by atoms with van der Waals surface area (Å²) < 4.78 is 2.57. The summed E-state index contributed by atoms with van der Waals surface area (Å²) >= 11 is 7.04. The van der Waals surface area contributed by atoms with Gasteiger partial charge in [-0.2, -0.15) is 0 Å². The fourth-order valence-electron chi connectivity index (χ4n) is 1.72. The van der Waals surface area contributed by atoms with Crippen molar-refractivity contribution in [2.24, 2.45) is 0 Å². The molecule has 0 amide bonds. The molecule has 0 aliphatic carbocycles. The Morgan fingerprint density at radius 3 is 2.05 bits per heavy atom. The van der Waals surface area contributed by atoms with Gasteiger partial charge in [-0.1, -0.05) is 19.6 Å². The topological polar surface area (TPSA) is 0 Å². The van der Waals surface area contributed by atoms with Crippen molar-refractivity contribution in [1.82, 2.24) is 0 Å². The molecule has 0 atom stereocenters. The van der Waals surface area contributed by atoms with Gasteiger partial charge in [-0.15, -0.1) is 22.7 Å². The zero-order chi connectivity index (χ0) is 15.6. The lowest BCUT2D eigenvalue weighted by Crippen LogP contribution is -2.34. The van der Waals surface area contributed by atoms with Gasteiger partial charge in [0.15, 0.2) is 0 Å². The fourth-order valence-corrected chi connectivity index (χ4v) is 6.27. The van der Waals surface area contributed by atoms with Crippen LogP contribution < -0.4 is 4.50 Å². The minimum atomic E-state index is -1.24. The van der Waals surface area contributed by atoms with E-state index in [0.29, 0.717) is 0 Å². The van der Waals surface area contributed by atoms with Crippen LogP contribution in [-0.4, -0.2) is 8.07 Å². The monoisotopic (exact) mass is 392 g/mol. The first-order valence-corrected chi connectivity index (χ1v) is 12.6. The maximum Gasteiger partial charge on any atom is 0.0923 e. The standard InChI is InChI=1S/C17H17BrS2Si/c1-12-10-17(21(3,4)5)20-15(12)8-6-7-9-16-14(18)11-13(2)19-16/h10-11H,1-5H3. The summed E-state index contributed by atoms with van der Waals surface area (Å²) in [6.45, 7) is 11.3. The molecular formula is C17H17BrS2Si. The lowest BCUT2D eigenvalue weighted by molar-refractivity contribution is 1.53. The van der Waals surface area contributed by atoms with E-state index in [1.807, 2.05) is 11.3 Å². The van der Waals surface area contributed by atoms with Gasteiger partial charge in [0.1, 0.15) is 0 Å². The molecule has 108 valence electrons. The smallest absolute Gasteiger partial charge is 0.0923 e. The third-order valence-electron chi connectivity index (χ3n) is 2.88. The molecule has 2 rings (SSSR count). The predicted octanol–water partition coefficient (Wildman–Crippen LogP) is 5.14. The van der Waals surface area contributed by atoms with Crippen LogP contribution in [0.4, 0.5) is 0 Å². The maximum absolute atomic E-state index is 3.52. The van der Waals surface area contributed by atoms with E-state index in [0.717, 1.165) is 14.2 Å². The second kappa shape index (κ2) is 6.54. The molecule has 0 saturated heterocycles. The summed E-state index contributed by atoms with van der Waals surface area (Å²) in [6.07, 6.45) is 0. The van der Waals surface area contributed by atoms with Crippen molar-refractivity contribution in [1.29, 1.82) is 0 Å². The lowest BCUT2D eigenvalue weighted by atomic mass is 10.3. The van der Waals surface area contributed by atoms with Crippen molar-refractivity contribution in [3.63, 3.8) is 0 Å². The zero-order valence-corrected chi connectivity index (χ0v) is 17.1. The second-order valence-corrected chi connectivity index (χ2v) is 14.5. The van der Waals surface area contributed by atoms with Crippen LogP contribution in [0.3, 0.4) is 0 Å². The molecular weight excluding hydrogens is 376 g/mol. The van der Waals surface area contributed by atoms with E-state index in [4.69, 9.17) is 0 Å². The van der Waals surface area contributed by atoms with Crippen molar-refractivity contribution in [3.05, 3.63) is 36.8 Å². The summed E-state index contributed by atoms with van der Waals surface area (Å²) in [6, 6.07) is 4.39. The summed E-state index contributed by atoms with van der Waals surface area (Å²) in [7, 11) is -1.24. The van der Waals surface area contributed by atoms with Crippen molar-refractivity contribution in [2.45, 2.75) is 33.5 Å². The Bertz CT molecular complexity index is 783. The number of aryl methyl sites for hydroxylation is 2. The number of halogens is 1. The highest BCUT2D eigenvalue weighted by atomic mass is 79.9. The van der Waals surface area contributed by atoms with Gasteiger partial charge in [0.2, 0.25) is 0 Å². The van der Waals surface area contributed by atoms with Gasteiger partial charge in [-0.05, 0) is 75.7 Å². The molecule has 2 heterocycles. The fraction of sp³-hybridized carbons (Fsp3) is 0.294. The van der Waals surface area contributed by atoms with E-state index in [-0.39, 0.29) is 0 Å². The Kier molecular flexibility index (Phi) is 5.17. The van der Waals surface area contributed by atoms with Gasteiger partial charge in [0.05, 0.1) is 17.8 Å². The van der Waals surface area contributed by atoms with E-state index >= 15 is 0 Å². The van der Waals surface area contributed by atoms with E-state index < -0.39 is 8.07 Å². The number of hydrogen-bond donors (Lipinski definition) is 0. The molecule has 0 spiro atoms. The van der Waals surface area contributed by atoms with Crippen LogP contribution in [0.1, 0.15) is 20.2 Å². The summed E-state index contributed by atoms with van der Waals surface area (Å²) in [5.41, 5.74) is 1.28. The van der Waals surface area contributed by atoms with Crippen LogP contribution in [0.2, 0.25) is 19.6 Å². The quantitative estimate of drug-likeness (QED) is 0.465. The lowest BCUT2D eigenvalue weighted by Gasteiger charge is -2.11. The third-order valence-corrected chi connectivity index (χ3v) is 9.47. The molecule has 0 saturated carbocycles. The van der Waals surface area contributed by atoms with Gasteiger partial charge in [0.25, 0.3) is 0 Å². The van der Waals surface area contributed by atoms with Crippen molar-refractivity contribution < 1.29 is 0 Å². The highest BCUT2D eigenvalue weighted by Gasteiger charge is 2.19. The van der Waals surface area contributed by atoms with Crippen molar-refractivity contribution in [3.8, 4) is 23.7 Å². The van der Waals surface area contributed by atoms with Crippen LogP contribution in [0.5, 0.6) is 0 Å². The van der Waals surface area contributed by atoms with E-state index in [1.54, 1.807) is 11.3 Å². The first kappa shape index (κ1) is 16.6. The van der Waals surface area contributed by atoms with E-state index in [9.17, 15) is 0 Å². The maximum atomic E-state index is 3.52. The molecule has 0 nitrogen and oxygen atoms in total. The molecule has 0 bridgehead atoms. The predicted molar refractivity (Wildman–Crippen MR) is 103 cm³/mol. The molecule has 0 radical (unpaired) electrons. The second-order valence-electron chi connectivity index (χ2n) is 5.91. The van der Waals surface area contributed by atoms with Crippen LogP contribution >= 0.6 is 38.6 Å². The highest BCUT2D eigenvalue weighted by Crippen LogP contribution is 2.25. The number of hydrogen-bond acceptors (Lipinski definition) is 2. The third kappa shape index (κ3) is 4.34. The number of thiophene rings is 2. The Balaban J connectivity index is 2.21. The summed E-state index contributed by atoms with van der Waals surface area (Å²) in [5.74, 6) is 12.3. The molecule has 0 N–H and O–H groups in total. The first-order valence-electron chi connectivity index (χ1n) is 6.66. The molecule has 21 heavy (non-hydrogen) atoms. The Morgan fingerprint density at radius 1 is 0.952 bits per heavy atom. The van der Waals surface area contributed by atoms with Crippen LogP contribution in [-0.2, 0) is 0 Å². The van der Waals surface area contributed by atoms with Crippen LogP contribution in [0.15, 0.2) is 16.6 Å². The van der Waals surface area contributed by atoms with Gasteiger partial charge < -0.3 is 0 Å². The van der Waals surface area contributed by atoms with Crippen LogP contribution in [0, 0.1) is 37.5 Å². The Labute approximate surface area is 144 Å². The average Bonchev–Trinajstić information content (AvgIpc) is 2.88. The molecule has 0 aliphatic rings. The summed E-state index contributed by atoms with van der Waals surface area (Å²) in [4.78, 5) is 3.46. The SMILES string of the molecule is Cc1cc(Br)c(C#CC#Cc2sc([Si](C)(C)C)cc2C)s1. The molecule has 2 aromatic heterocycles. The van der Waals surface area contributed by atoms with Gasteiger partial charge in [-0.25, -0.2) is 0 Å². The van der Waals surface area contributed by atoms with E-state index in [1.165, 1.54) is 14.9 Å². The average molecular weight is 393 g/mol. The van der Waals surface area contributed by atoms with Crippen LogP contribution in [0.25, 0.3) is 0 Å². The summed E-state index contributed by atoms with van der Waals surface area (Å²) in [5, 5.41) is 0. The molecule has 4 heteroatoms. The van der Waals surface area contributed by atoms with Crippen molar-refractivity contribution in [2.75, 3.05) is 0 Å². The largest absolute Gasteiger partial charge is 0.136 e. The molecule has 2 aromatic rings. The molecule has 0 fully saturated rings. The van der Waals surface area contributed by atoms with Gasteiger partial charge >= 0.3 is 0 Å². The highest BCUT2D eigenvalue weighted by molar-refractivity contribution is 9.10. The zero-order valence-electron chi connectivity index (χ0n) is 12.8. The molecule has 0 aromatic carbocycles. The minimum absolute atomic E-state index is 1.05. The Morgan fingerprint density at radius 2 is 1.57 bits per heavy atom. The number of rotatable bonds is 1. The first-order chi connectivity index (χ1) is 9.77. The normalized spacial score (nSPS) is 10.6. The van der Waals surface area contributed by atoms with Gasteiger partial charge in [0, 0.05) is 9.35 Å². The van der Waals surface area contributed by atoms with E-state index in [2.05, 4.69) is 85.2 Å². The molecule has 0 unspecified atom stereocenters.